The number of imidazole rings is 1. The fraction of sp³-hybridized carbons (Fsp3) is 0.474. The van der Waals surface area contributed by atoms with E-state index in [-0.39, 0.29) is 0 Å². The van der Waals surface area contributed by atoms with Crippen molar-refractivity contribution >= 4 is 27.5 Å². The number of H-pyrrole nitrogens is 1. The van der Waals surface area contributed by atoms with E-state index in [1.807, 2.05) is 26.4 Å². The smallest absolute Gasteiger partial charge is 0.185 e. The van der Waals surface area contributed by atoms with Gasteiger partial charge in [-0.25, -0.2) is 9.97 Å². The molecule has 4 rings (SSSR count). The molecule has 0 spiro atoms. The van der Waals surface area contributed by atoms with E-state index in [9.17, 15) is 0 Å². The number of benzene rings is 1. The van der Waals surface area contributed by atoms with Gasteiger partial charge in [0.1, 0.15) is 5.82 Å². The number of anilines is 1. The first-order chi connectivity index (χ1) is 12.2. The third-order valence-electron chi connectivity index (χ3n) is 4.83. The Morgan fingerprint density at radius 1 is 1.32 bits per heavy atom. The molecular weight excluding hydrogens is 330 g/mol. The topological polar surface area (TPSA) is 48.1 Å². The van der Waals surface area contributed by atoms with Crippen LogP contribution in [0, 0.1) is 5.92 Å². The maximum absolute atomic E-state index is 4.75. The van der Waals surface area contributed by atoms with Crippen molar-refractivity contribution in [1.82, 2.24) is 19.9 Å². The highest BCUT2D eigenvalue weighted by atomic mass is 32.1. The van der Waals surface area contributed by atoms with Crippen molar-refractivity contribution < 1.29 is 0 Å². The van der Waals surface area contributed by atoms with Crippen LogP contribution in [0.1, 0.15) is 23.5 Å². The average molecular weight is 356 g/mol. The van der Waals surface area contributed by atoms with E-state index >= 15 is 0 Å². The quantitative estimate of drug-likeness (QED) is 0.760. The first-order valence-corrected chi connectivity index (χ1v) is 9.77. The SMILES string of the molecule is CN(C)c1ncc(CN2CCCC(Cc3nc4ccccc4[nH]3)C2)s1. The molecule has 1 aromatic carbocycles. The van der Waals surface area contributed by atoms with Gasteiger partial charge in [0.15, 0.2) is 5.13 Å². The lowest BCUT2D eigenvalue weighted by atomic mass is 9.94. The summed E-state index contributed by atoms with van der Waals surface area (Å²) in [5, 5.41) is 1.09. The third-order valence-corrected chi connectivity index (χ3v) is 5.98. The summed E-state index contributed by atoms with van der Waals surface area (Å²) in [7, 11) is 4.10. The number of rotatable bonds is 5. The van der Waals surface area contributed by atoms with Gasteiger partial charge < -0.3 is 9.88 Å². The summed E-state index contributed by atoms with van der Waals surface area (Å²) in [6.07, 6.45) is 5.63. The Morgan fingerprint density at radius 3 is 3.00 bits per heavy atom. The first kappa shape index (κ1) is 16.5. The zero-order valence-electron chi connectivity index (χ0n) is 14.9. The van der Waals surface area contributed by atoms with Crippen molar-refractivity contribution in [3.05, 3.63) is 41.2 Å². The molecule has 3 aromatic rings. The van der Waals surface area contributed by atoms with E-state index in [0.717, 1.165) is 41.5 Å². The summed E-state index contributed by atoms with van der Waals surface area (Å²) >= 11 is 1.80. The average Bonchev–Trinajstić information content (AvgIpc) is 3.21. The van der Waals surface area contributed by atoms with Crippen molar-refractivity contribution in [2.45, 2.75) is 25.8 Å². The maximum Gasteiger partial charge on any atom is 0.185 e. The van der Waals surface area contributed by atoms with Gasteiger partial charge in [0, 0.05) is 44.7 Å². The van der Waals surface area contributed by atoms with Crippen molar-refractivity contribution in [2.75, 3.05) is 32.1 Å². The molecule has 0 saturated carbocycles. The minimum atomic E-state index is 0.676. The molecule has 3 heterocycles. The van der Waals surface area contributed by atoms with Crippen LogP contribution in [0.4, 0.5) is 5.13 Å². The van der Waals surface area contributed by atoms with Gasteiger partial charge in [-0.2, -0.15) is 0 Å². The van der Waals surface area contributed by atoms with Gasteiger partial charge >= 0.3 is 0 Å². The molecule has 6 heteroatoms. The number of piperidine rings is 1. The molecule has 0 aliphatic carbocycles. The molecule has 1 aliphatic heterocycles. The molecule has 0 radical (unpaired) electrons. The van der Waals surface area contributed by atoms with Gasteiger partial charge in [0.05, 0.1) is 11.0 Å². The largest absolute Gasteiger partial charge is 0.354 e. The van der Waals surface area contributed by atoms with Crippen LogP contribution < -0.4 is 4.90 Å². The molecule has 1 fully saturated rings. The normalized spacial score (nSPS) is 18.7. The Labute approximate surface area is 152 Å². The lowest BCUT2D eigenvalue weighted by Gasteiger charge is -2.32. The van der Waals surface area contributed by atoms with Crippen LogP contribution in [0.25, 0.3) is 11.0 Å². The zero-order valence-corrected chi connectivity index (χ0v) is 15.7. The van der Waals surface area contributed by atoms with Crippen molar-refractivity contribution in [3.63, 3.8) is 0 Å². The van der Waals surface area contributed by atoms with Gasteiger partial charge in [-0.05, 0) is 37.4 Å². The van der Waals surface area contributed by atoms with Gasteiger partial charge in [0.25, 0.3) is 0 Å². The zero-order chi connectivity index (χ0) is 17.2. The predicted octanol–water partition coefficient (Wildman–Crippen LogP) is 3.54. The number of aromatic amines is 1. The van der Waals surface area contributed by atoms with E-state index in [1.165, 1.54) is 24.3 Å². The number of likely N-dealkylation sites (tertiary alicyclic amines) is 1. The summed E-state index contributed by atoms with van der Waals surface area (Å²) < 4.78 is 0. The number of para-hydroxylation sites is 2. The Kier molecular flexibility index (Phi) is 4.72. The molecular formula is C19H25N5S. The monoisotopic (exact) mass is 355 g/mol. The highest BCUT2D eigenvalue weighted by Crippen LogP contribution is 2.26. The Hall–Kier alpha value is -1.92. The first-order valence-electron chi connectivity index (χ1n) is 8.95. The van der Waals surface area contributed by atoms with Crippen molar-refractivity contribution in [3.8, 4) is 0 Å². The van der Waals surface area contributed by atoms with Gasteiger partial charge in [-0.3, -0.25) is 4.90 Å². The molecule has 132 valence electrons. The molecule has 1 unspecified atom stereocenters. The van der Waals surface area contributed by atoms with Crippen LogP contribution in [0.2, 0.25) is 0 Å². The lowest BCUT2D eigenvalue weighted by Crippen LogP contribution is -2.35. The second kappa shape index (κ2) is 7.14. The number of hydrogen-bond acceptors (Lipinski definition) is 5. The summed E-state index contributed by atoms with van der Waals surface area (Å²) in [4.78, 5) is 18.7. The number of hydrogen-bond donors (Lipinski definition) is 1. The van der Waals surface area contributed by atoms with Crippen LogP contribution in [0.15, 0.2) is 30.5 Å². The number of fused-ring (bicyclic) bond motifs is 1. The number of nitrogens with one attached hydrogen (secondary N) is 1. The van der Waals surface area contributed by atoms with E-state index in [2.05, 4.69) is 38.0 Å². The van der Waals surface area contributed by atoms with E-state index in [0.29, 0.717) is 5.92 Å². The summed E-state index contributed by atoms with van der Waals surface area (Å²) in [6.45, 7) is 3.35. The molecule has 1 atom stereocenters. The summed E-state index contributed by atoms with van der Waals surface area (Å²) in [5.74, 6) is 1.80. The fourth-order valence-electron chi connectivity index (χ4n) is 3.63. The Morgan fingerprint density at radius 2 is 2.20 bits per heavy atom. The van der Waals surface area contributed by atoms with Gasteiger partial charge in [0.2, 0.25) is 0 Å². The molecule has 25 heavy (non-hydrogen) atoms. The highest BCUT2D eigenvalue weighted by Gasteiger charge is 2.22. The fourth-order valence-corrected chi connectivity index (χ4v) is 4.51. The Bertz CT molecular complexity index is 804. The number of aromatic nitrogens is 3. The van der Waals surface area contributed by atoms with Crippen LogP contribution >= 0.6 is 11.3 Å². The number of thiazole rings is 1. The molecule has 2 aromatic heterocycles. The predicted molar refractivity (Wildman–Crippen MR) is 104 cm³/mol. The lowest BCUT2D eigenvalue weighted by molar-refractivity contribution is 0.167. The molecule has 0 amide bonds. The van der Waals surface area contributed by atoms with Crippen LogP contribution in [-0.4, -0.2) is 47.0 Å². The van der Waals surface area contributed by atoms with Crippen LogP contribution in [-0.2, 0) is 13.0 Å². The molecule has 5 nitrogen and oxygen atoms in total. The molecule has 1 N–H and O–H groups in total. The van der Waals surface area contributed by atoms with Crippen molar-refractivity contribution in [1.29, 1.82) is 0 Å². The summed E-state index contributed by atoms with van der Waals surface area (Å²) in [6, 6.07) is 8.29. The highest BCUT2D eigenvalue weighted by molar-refractivity contribution is 7.15. The number of nitrogens with zero attached hydrogens (tertiary/aromatic N) is 4. The van der Waals surface area contributed by atoms with E-state index in [4.69, 9.17) is 4.98 Å². The van der Waals surface area contributed by atoms with Crippen LogP contribution in [0.3, 0.4) is 0 Å². The second-order valence-electron chi connectivity index (χ2n) is 7.15. The second-order valence-corrected chi connectivity index (χ2v) is 8.25. The minimum absolute atomic E-state index is 0.676. The third kappa shape index (κ3) is 3.85. The minimum Gasteiger partial charge on any atom is -0.354 e. The van der Waals surface area contributed by atoms with Gasteiger partial charge in [-0.15, -0.1) is 11.3 Å². The Balaban J connectivity index is 1.38. The maximum atomic E-state index is 4.75. The van der Waals surface area contributed by atoms with Crippen molar-refractivity contribution in [2.24, 2.45) is 5.92 Å². The summed E-state index contributed by atoms with van der Waals surface area (Å²) in [5.41, 5.74) is 2.22. The standard InChI is InChI=1S/C19H25N5S/c1-23(2)19-20-11-15(25-19)13-24-9-5-6-14(12-24)10-18-21-16-7-3-4-8-17(16)22-18/h3-4,7-8,11,14H,5-6,9-10,12-13H2,1-2H3,(H,21,22). The van der Waals surface area contributed by atoms with Crippen LogP contribution in [0.5, 0.6) is 0 Å². The molecule has 0 bridgehead atoms. The molecule has 1 saturated heterocycles. The van der Waals surface area contributed by atoms with Gasteiger partial charge in [-0.1, -0.05) is 12.1 Å². The molecule has 1 aliphatic rings. The van der Waals surface area contributed by atoms with E-state index in [1.54, 1.807) is 11.3 Å². The van der Waals surface area contributed by atoms with E-state index < -0.39 is 0 Å².